The standard InChI is InChI=1S/C10H16ClN3S/c1-3-8-9(4-2)13-14-10(12-8)15-7-5-6-11/h3-7H2,1-2H3. The molecular formula is C10H16ClN3S. The molecule has 15 heavy (non-hydrogen) atoms. The van der Waals surface area contributed by atoms with E-state index >= 15 is 0 Å². The Kier molecular flexibility index (Phi) is 5.95. The number of halogens is 1. The van der Waals surface area contributed by atoms with Gasteiger partial charge in [-0.2, -0.15) is 5.10 Å². The molecular weight excluding hydrogens is 230 g/mol. The largest absolute Gasteiger partial charge is 0.224 e. The van der Waals surface area contributed by atoms with Crippen LogP contribution in [0.2, 0.25) is 0 Å². The summed E-state index contributed by atoms with van der Waals surface area (Å²) >= 11 is 7.23. The highest BCUT2D eigenvalue weighted by molar-refractivity contribution is 7.99. The summed E-state index contributed by atoms with van der Waals surface area (Å²) in [6.07, 6.45) is 2.80. The Balaban J connectivity index is 2.66. The molecule has 5 heteroatoms. The fourth-order valence-electron chi connectivity index (χ4n) is 1.20. The molecule has 0 fully saturated rings. The maximum absolute atomic E-state index is 5.60. The number of aryl methyl sites for hydroxylation is 2. The van der Waals surface area contributed by atoms with Crippen molar-refractivity contribution in [3.8, 4) is 0 Å². The van der Waals surface area contributed by atoms with Gasteiger partial charge in [0.05, 0.1) is 11.4 Å². The van der Waals surface area contributed by atoms with E-state index in [4.69, 9.17) is 11.6 Å². The van der Waals surface area contributed by atoms with Gasteiger partial charge >= 0.3 is 0 Å². The van der Waals surface area contributed by atoms with Crippen LogP contribution in [0.4, 0.5) is 0 Å². The molecule has 1 aromatic heterocycles. The number of aromatic nitrogens is 3. The van der Waals surface area contributed by atoms with Gasteiger partial charge in [0.2, 0.25) is 5.16 Å². The van der Waals surface area contributed by atoms with Gasteiger partial charge in [-0.3, -0.25) is 0 Å². The first-order valence-electron chi connectivity index (χ1n) is 5.23. The summed E-state index contributed by atoms with van der Waals surface area (Å²) in [6, 6.07) is 0. The summed E-state index contributed by atoms with van der Waals surface area (Å²) in [7, 11) is 0. The summed E-state index contributed by atoms with van der Waals surface area (Å²) < 4.78 is 0. The van der Waals surface area contributed by atoms with Crippen molar-refractivity contribution in [2.75, 3.05) is 11.6 Å². The molecule has 0 atom stereocenters. The van der Waals surface area contributed by atoms with Crippen LogP contribution >= 0.6 is 23.4 Å². The molecule has 0 spiro atoms. The molecule has 0 amide bonds. The molecule has 0 saturated heterocycles. The molecule has 0 saturated carbocycles. The lowest BCUT2D eigenvalue weighted by Gasteiger charge is -2.04. The van der Waals surface area contributed by atoms with E-state index in [1.165, 1.54) is 0 Å². The van der Waals surface area contributed by atoms with Crippen LogP contribution in [-0.4, -0.2) is 26.8 Å². The van der Waals surface area contributed by atoms with E-state index in [1.807, 2.05) is 0 Å². The minimum absolute atomic E-state index is 0.689. The molecule has 1 heterocycles. The van der Waals surface area contributed by atoms with E-state index < -0.39 is 0 Å². The number of hydrogen-bond donors (Lipinski definition) is 0. The van der Waals surface area contributed by atoms with Crippen LogP contribution in [-0.2, 0) is 12.8 Å². The highest BCUT2D eigenvalue weighted by Crippen LogP contribution is 2.15. The van der Waals surface area contributed by atoms with Gasteiger partial charge in [0, 0.05) is 11.6 Å². The van der Waals surface area contributed by atoms with Crippen molar-refractivity contribution >= 4 is 23.4 Å². The molecule has 3 nitrogen and oxygen atoms in total. The monoisotopic (exact) mass is 245 g/mol. The van der Waals surface area contributed by atoms with Gasteiger partial charge in [-0.1, -0.05) is 25.6 Å². The molecule has 0 N–H and O–H groups in total. The third-order valence-corrected chi connectivity index (χ3v) is 3.19. The third kappa shape index (κ3) is 3.95. The second-order valence-corrected chi connectivity index (χ2v) is 4.53. The molecule has 1 aromatic rings. The number of hydrogen-bond acceptors (Lipinski definition) is 4. The Bertz CT molecular complexity index is 307. The van der Waals surface area contributed by atoms with E-state index in [-0.39, 0.29) is 0 Å². The Morgan fingerprint density at radius 1 is 1.13 bits per heavy atom. The maximum Gasteiger partial charge on any atom is 0.209 e. The van der Waals surface area contributed by atoms with E-state index in [9.17, 15) is 0 Å². The zero-order valence-electron chi connectivity index (χ0n) is 9.16. The number of nitrogens with zero attached hydrogens (tertiary/aromatic N) is 3. The lowest BCUT2D eigenvalue weighted by atomic mass is 10.2. The number of thioether (sulfide) groups is 1. The summed E-state index contributed by atoms with van der Waals surface area (Å²) in [5.74, 6) is 1.65. The second-order valence-electron chi connectivity index (χ2n) is 3.09. The molecule has 84 valence electrons. The molecule has 0 aliphatic rings. The van der Waals surface area contributed by atoms with Gasteiger partial charge in [0.15, 0.2) is 0 Å². The molecule has 1 rings (SSSR count). The Morgan fingerprint density at radius 3 is 2.47 bits per heavy atom. The minimum atomic E-state index is 0.689. The first kappa shape index (κ1) is 12.7. The topological polar surface area (TPSA) is 38.7 Å². The van der Waals surface area contributed by atoms with Crippen LogP contribution in [0, 0.1) is 0 Å². The third-order valence-electron chi connectivity index (χ3n) is 2.00. The smallest absolute Gasteiger partial charge is 0.209 e. The van der Waals surface area contributed by atoms with Gasteiger partial charge in [-0.05, 0) is 19.3 Å². The summed E-state index contributed by atoms with van der Waals surface area (Å²) in [5.41, 5.74) is 2.08. The summed E-state index contributed by atoms with van der Waals surface area (Å²) in [4.78, 5) is 4.48. The predicted octanol–water partition coefficient (Wildman–Crippen LogP) is 2.72. The van der Waals surface area contributed by atoms with Gasteiger partial charge < -0.3 is 0 Å². The van der Waals surface area contributed by atoms with Crippen molar-refractivity contribution < 1.29 is 0 Å². The van der Waals surface area contributed by atoms with Crippen LogP contribution in [0.25, 0.3) is 0 Å². The van der Waals surface area contributed by atoms with Crippen LogP contribution in [0.5, 0.6) is 0 Å². The van der Waals surface area contributed by atoms with Crippen molar-refractivity contribution in [2.45, 2.75) is 38.3 Å². The van der Waals surface area contributed by atoms with Crippen LogP contribution in [0.3, 0.4) is 0 Å². The van der Waals surface area contributed by atoms with Crippen molar-refractivity contribution in [3.63, 3.8) is 0 Å². The van der Waals surface area contributed by atoms with E-state index in [0.29, 0.717) is 5.88 Å². The fourth-order valence-corrected chi connectivity index (χ4v) is 2.24. The zero-order chi connectivity index (χ0) is 11.1. The van der Waals surface area contributed by atoms with E-state index in [0.717, 1.165) is 41.6 Å². The van der Waals surface area contributed by atoms with Crippen LogP contribution < -0.4 is 0 Å². The fraction of sp³-hybridized carbons (Fsp3) is 0.700. The number of rotatable bonds is 6. The molecule has 0 aromatic carbocycles. The van der Waals surface area contributed by atoms with Crippen LogP contribution in [0.15, 0.2) is 5.16 Å². The van der Waals surface area contributed by atoms with E-state index in [2.05, 4.69) is 29.0 Å². The summed E-state index contributed by atoms with van der Waals surface area (Å²) in [5, 5.41) is 9.04. The molecule has 0 radical (unpaired) electrons. The highest BCUT2D eigenvalue weighted by atomic mass is 35.5. The quantitative estimate of drug-likeness (QED) is 0.439. The van der Waals surface area contributed by atoms with Crippen molar-refractivity contribution in [3.05, 3.63) is 11.4 Å². The van der Waals surface area contributed by atoms with Gasteiger partial charge in [0.1, 0.15) is 0 Å². The Morgan fingerprint density at radius 2 is 1.87 bits per heavy atom. The van der Waals surface area contributed by atoms with Gasteiger partial charge in [0.25, 0.3) is 0 Å². The van der Waals surface area contributed by atoms with Crippen molar-refractivity contribution in [1.29, 1.82) is 0 Å². The first-order valence-corrected chi connectivity index (χ1v) is 6.75. The molecule has 0 aliphatic heterocycles. The van der Waals surface area contributed by atoms with Crippen molar-refractivity contribution in [2.24, 2.45) is 0 Å². The van der Waals surface area contributed by atoms with Gasteiger partial charge in [-0.25, -0.2) is 4.98 Å². The zero-order valence-corrected chi connectivity index (χ0v) is 10.7. The SMILES string of the molecule is CCc1nnc(SCCCCl)nc1CC. The van der Waals surface area contributed by atoms with Crippen LogP contribution in [0.1, 0.15) is 31.7 Å². The van der Waals surface area contributed by atoms with Gasteiger partial charge in [-0.15, -0.1) is 16.7 Å². The first-order chi connectivity index (χ1) is 7.31. The minimum Gasteiger partial charge on any atom is -0.224 e. The molecule has 0 aliphatic carbocycles. The summed E-state index contributed by atoms with van der Waals surface area (Å²) in [6.45, 7) is 4.17. The molecule has 0 bridgehead atoms. The normalized spacial score (nSPS) is 10.6. The average molecular weight is 246 g/mol. The van der Waals surface area contributed by atoms with E-state index in [1.54, 1.807) is 11.8 Å². The average Bonchev–Trinajstić information content (AvgIpc) is 2.29. The lowest BCUT2D eigenvalue weighted by Crippen LogP contribution is -2.03. The Hall–Kier alpha value is -0.350. The maximum atomic E-state index is 5.60. The second kappa shape index (κ2) is 7.01. The Labute approximate surface area is 100 Å². The number of alkyl halides is 1. The lowest BCUT2D eigenvalue weighted by molar-refractivity contribution is 0.744. The highest BCUT2D eigenvalue weighted by Gasteiger charge is 2.05. The van der Waals surface area contributed by atoms with Crippen molar-refractivity contribution in [1.82, 2.24) is 15.2 Å². The molecule has 0 unspecified atom stereocenters. The predicted molar refractivity (Wildman–Crippen MR) is 64.6 cm³/mol.